The summed E-state index contributed by atoms with van der Waals surface area (Å²) in [5.41, 5.74) is 6.65. The molecule has 7 heteroatoms. The van der Waals surface area contributed by atoms with Gasteiger partial charge in [0.05, 0.1) is 4.92 Å². The van der Waals surface area contributed by atoms with Crippen LogP contribution in [0.3, 0.4) is 0 Å². The van der Waals surface area contributed by atoms with E-state index in [4.69, 9.17) is 5.73 Å². The van der Waals surface area contributed by atoms with Crippen LogP contribution in [0, 0.1) is 10.1 Å². The highest BCUT2D eigenvalue weighted by atomic mass is 16.6. The second kappa shape index (κ2) is 5.56. The molecule has 1 aromatic rings. The van der Waals surface area contributed by atoms with Crippen molar-refractivity contribution < 1.29 is 4.92 Å². The Balaban J connectivity index is 2.30. The van der Waals surface area contributed by atoms with Crippen LogP contribution in [0.15, 0.2) is 0 Å². The molecule has 7 nitrogen and oxygen atoms in total. The predicted octanol–water partition coefficient (Wildman–Crippen LogP) is 1.57. The van der Waals surface area contributed by atoms with E-state index in [9.17, 15) is 10.1 Å². The molecule has 2 rings (SSSR count). The number of nitrogens with zero attached hydrogens (tertiary/aromatic N) is 3. The fourth-order valence-electron chi connectivity index (χ4n) is 2.67. The van der Waals surface area contributed by atoms with Gasteiger partial charge < -0.3 is 11.1 Å². The molecule has 1 heterocycles. The number of nitrogens with one attached hydrogen (secondary N) is 1. The van der Waals surface area contributed by atoms with Crippen molar-refractivity contribution in [3.05, 3.63) is 15.8 Å². The molecule has 1 aliphatic carbocycles. The third kappa shape index (κ3) is 2.70. The number of anilines is 1. The summed E-state index contributed by atoms with van der Waals surface area (Å²) in [6, 6.07) is 0.160. The Morgan fingerprint density at radius 1 is 1.58 bits per heavy atom. The fraction of sp³-hybridized carbons (Fsp3) is 0.750. The number of aryl methyl sites for hydroxylation is 2. The molecule has 2 atom stereocenters. The maximum absolute atomic E-state index is 11.3. The summed E-state index contributed by atoms with van der Waals surface area (Å²) in [4.78, 5) is 10.9. The zero-order chi connectivity index (χ0) is 14.0. The van der Waals surface area contributed by atoms with Crippen molar-refractivity contribution in [3.8, 4) is 0 Å². The van der Waals surface area contributed by atoms with Crippen LogP contribution in [0.5, 0.6) is 0 Å². The van der Waals surface area contributed by atoms with Crippen molar-refractivity contribution in [1.29, 1.82) is 0 Å². The van der Waals surface area contributed by atoms with Gasteiger partial charge in [-0.3, -0.25) is 10.1 Å². The average Bonchev–Trinajstić information content (AvgIpc) is 2.86. The third-order valence-corrected chi connectivity index (χ3v) is 3.65. The number of hydrogen-bond donors (Lipinski definition) is 2. The van der Waals surface area contributed by atoms with E-state index in [2.05, 4.69) is 10.4 Å². The quantitative estimate of drug-likeness (QED) is 0.623. The topological polar surface area (TPSA) is 99.0 Å². The molecule has 0 aliphatic heterocycles. The van der Waals surface area contributed by atoms with E-state index in [-0.39, 0.29) is 22.7 Å². The van der Waals surface area contributed by atoms with Gasteiger partial charge in [0.2, 0.25) is 5.82 Å². The molecular formula is C12H21N5O2. The van der Waals surface area contributed by atoms with Crippen LogP contribution in [-0.2, 0) is 13.5 Å². The molecule has 3 N–H and O–H groups in total. The maximum Gasteiger partial charge on any atom is 0.334 e. The Morgan fingerprint density at radius 3 is 2.84 bits per heavy atom. The first-order valence-electron chi connectivity index (χ1n) is 6.77. The lowest BCUT2D eigenvalue weighted by Crippen LogP contribution is -2.35. The van der Waals surface area contributed by atoms with Gasteiger partial charge in [0.15, 0.2) is 0 Å². The zero-order valence-corrected chi connectivity index (χ0v) is 11.4. The van der Waals surface area contributed by atoms with Crippen LogP contribution in [0.2, 0.25) is 0 Å². The van der Waals surface area contributed by atoms with E-state index in [0.29, 0.717) is 17.9 Å². The van der Waals surface area contributed by atoms with Crippen molar-refractivity contribution in [2.45, 2.75) is 51.1 Å². The van der Waals surface area contributed by atoms with Crippen LogP contribution < -0.4 is 11.1 Å². The summed E-state index contributed by atoms with van der Waals surface area (Å²) in [6.07, 6.45) is 4.42. The number of rotatable bonds is 5. The Morgan fingerprint density at radius 2 is 2.32 bits per heavy atom. The van der Waals surface area contributed by atoms with Crippen LogP contribution in [0.4, 0.5) is 11.5 Å². The van der Waals surface area contributed by atoms with E-state index in [0.717, 1.165) is 25.7 Å². The first-order valence-corrected chi connectivity index (χ1v) is 6.77. The maximum atomic E-state index is 11.3. The second-order valence-electron chi connectivity index (χ2n) is 5.12. The lowest BCUT2D eigenvalue weighted by molar-refractivity contribution is -0.384. The molecule has 106 valence electrons. The van der Waals surface area contributed by atoms with Gasteiger partial charge in [-0.15, -0.1) is 0 Å². The summed E-state index contributed by atoms with van der Waals surface area (Å²) in [7, 11) is 1.73. The van der Waals surface area contributed by atoms with Crippen LogP contribution >= 0.6 is 0 Å². The summed E-state index contributed by atoms with van der Waals surface area (Å²) in [6.45, 7) is 1.98. The number of aromatic nitrogens is 2. The number of nitro groups is 1. The SMILES string of the molecule is CCCc1nn(C)c(NC2CCCC2N)c1[N+](=O)[O-]. The molecule has 0 aromatic carbocycles. The van der Waals surface area contributed by atoms with Crippen molar-refractivity contribution >= 4 is 11.5 Å². The van der Waals surface area contributed by atoms with Crippen molar-refractivity contribution in [2.75, 3.05) is 5.32 Å². The van der Waals surface area contributed by atoms with Gasteiger partial charge >= 0.3 is 5.69 Å². The number of hydrogen-bond acceptors (Lipinski definition) is 5. The first-order chi connectivity index (χ1) is 9.04. The number of nitrogens with two attached hydrogens (primary N) is 1. The third-order valence-electron chi connectivity index (χ3n) is 3.65. The highest BCUT2D eigenvalue weighted by Crippen LogP contribution is 2.31. The monoisotopic (exact) mass is 267 g/mol. The normalized spacial score (nSPS) is 22.7. The van der Waals surface area contributed by atoms with Crippen LogP contribution in [0.1, 0.15) is 38.3 Å². The first kappa shape index (κ1) is 13.8. The van der Waals surface area contributed by atoms with E-state index in [1.807, 2.05) is 6.92 Å². The molecule has 19 heavy (non-hydrogen) atoms. The van der Waals surface area contributed by atoms with E-state index < -0.39 is 0 Å². The smallest absolute Gasteiger partial charge is 0.334 e. The van der Waals surface area contributed by atoms with Gasteiger partial charge in [0.1, 0.15) is 5.69 Å². The Hall–Kier alpha value is -1.63. The van der Waals surface area contributed by atoms with Gasteiger partial charge in [-0.2, -0.15) is 5.10 Å². The summed E-state index contributed by atoms with van der Waals surface area (Å²) >= 11 is 0. The minimum atomic E-state index is -0.346. The van der Waals surface area contributed by atoms with Crippen LogP contribution in [0.25, 0.3) is 0 Å². The molecule has 1 aliphatic rings. The van der Waals surface area contributed by atoms with Gasteiger partial charge in [0, 0.05) is 19.1 Å². The summed E-state index contributed by atoms with van der Waals surface area (Å²) in [5.74, 6) is 0.482. The highest BCUT2D eigenvalue weighted by Gasteiger charge is 2.31. The molecule has 0 radical (unpaired) electrons. The predicted molar refractivity (Wildman–Crippen MR) is 73.1 cm³/mol. The average molecular weight is 267 g/mol. The summed E-state index contributed by atoms with van der Waals surface area (Å²) in [5, 5.41) is 18.7. The van der Waals surface area contributed by atoms with Crippen molar-refractivity contribution in [3.63, 3.8) is 0 Å². The standard InChI is InChI=1S/C12H21N5O2/c1-3-5-10-11(17(18)19)12(16(2)15-10)14-9-7-4-6-8(9)13/h8-9,14H,3-7,13H2,1-2H3. The Labute approximate surface area is 112 Å². The largest absolute Gasteiger partial charge is 0.360 e. The summed E-state index contributed by atoms with van der Waals surface area (Å²) < 4.78 is 1.56. The van der Waals surface area contributed by atoms with Gasteiger partial charge in [-0.25, -0.2) is 4.68 Å². The molecule has 0 amide bonds. The minimum absolute atomic E-state index is 0.0594. The fourth-order valence-corrected chi connectivity index (χ4v) is 2.67. The lowest BCUT2D eigenvalue weighted by atomic mass is 10.2. The van der Waals surface area contributed by atoms with E-state index >= 15 is 0 Å². The van der Waals surface area contributed by atoms with Gasteiger partial charge in [0.25, 0.3) is 0 Å². The van der Waals surface area contributed by atoms with Crippen molar-refractivity contribution in [1.82, 2.24) is 9.78 Å². The second-order valence-corrected chi connectivity index (χ2v) is 5.12. The van der Waals surface area contributed by atoms with E-state index in [1.54, 1.807) is 11.7 Å². The molecule has 0 bridgehead atoms. The molecular weight excluding hydrogens is 246 g/mol. The molecule has 1 saturated carbocycles. The van der Waals surface area contributed by atoms with Crippen LogP contribution in [-0.4, -0.2) is 26.8 Å². The van der Waals surface area contributed by atoms with E-state index in [1.165, 1.54) is 0 Å². The molecule has 2 unspecified atom stereocenters. The Kier molecular flexibility index (Phi) is 4.04. The van der Waals surface area contributed by atoms with Gasteiger partial charge in [-0.05, 0) is 25.7 Å². The molecule has 1 aromatic heterocycles. The zero-order valence-electron chi connectivity index (χ0n) is 11.4. The van der Waals surface area contributed by atoms with Crippen molar-refractivity contribution in [2.24, 2.45) is 12.8 Å². The Bertz CT molecular complexity index is 471. The minimum Gasteiger partial charge on any atom is -0.360 e. The highest BCUT2D eigenvalue weighted by molar-refractivity contribution is 5.60. The lowest BCUT2D eigenvalue weighted by Gasteiger charge is -2.17. The molecule has 1 fully saturated rings. The molecule has 0 saturated heterocycles. The molecule has 0 spiro atoms. The van der Waals surface area contributed by atoms with Gasteiger partial charge in [-0.1, -0.05) is 13.3 Å².